The monoisotopic (exact) mass is 378 g/mol. The molecule has 4 unspecified atom stereocenters. The molecule has 2 heterocycles. The molecule has 8 atom stereocenters. The van der Waals surface area contributed by atoms with Crippen molar-refractivity contribution >= 4 is 0 Å². The van der Waals surface area contributed by atoms with Gasteiger partial charge in [-0.05, 0) is 25.0 Å². The van der Waals surface area contributed by atoms with Crippen molar-refractivity contribution in [2.75, 3.05) is 14.2 Å². The third kappa shape index (κ3) is 4.98. The van der Waals surface area contributed by atoms with Gasteiger partial charge in [0.15, 0.2) is 12.6 Å². The van der Waals surface area contributed by atoms with E-state index in [1.807, 2.05) is 13.8 Å². The van der Waals surface area contributed by atoms with Crippen molar-refractivity contribution in [2.24, 2.45) is 11.8 Å². The minimum Gasteiger partial charge on any atom is -0.375 e. The second kappa shape index (κ2) is 9.80. The fourth-order valence-corrected chi connectivity index (χ4v) is 3.80. The van der Waals surface area contributed by atoms with E-state index in [0.29, 0.717) is 0 Å². The molecule has 2 rings (SSSR count). The van der Waals surface area contributed by atoms with Gasteiger partial charge in [0.2, 0.25) is 0 Å². The van der Waals surface area contributed by atoms with Crippen LogP contribution in [0.4, 0.5) is 0 Å². The molecule has 0 saturated carbocycles. The Morgan fingerprint density at radius 1 is 0.852 bits per heavy atom. The summed E-state index contributed by atoms with van der Waals surface area (Å²) in [4.78, 5) is 0. The second-order valence-corrected chi connectivity index (χ2v) is 7.41. The molecule has 5 nitrogen and oxygen atoms in total. The topological polar surface area (TPSA) is 46.2 Å². The third-order valence-corrected chi connectivity index (χ3v) is 5.30. The Bertz CT molecular complexity index is 531. The van der Waals surface area contributed by atoms with E-state index < -0.39 is 12.6 Å². The maximum absolute atomic E-state index is 6.24. The average molecular weight is 379 g/mol. The van der Waals surface area contributed by atoms with Crippen molar-refractivity contribution in [1.82, 2.24) is 0 Å². The maximum atomic E-state index is 6.24. The first-order chi connectivity index (χ1) is 12.9. The van der Waals surface area contributed by atoms with Crippen LogP contribution in [0.5, 0.6) is 0 Å². The molecule has 0 aromatic heterocycles. The Labute approximate surface area is 163 Å². The average Bonchev–Trinajstić information content (AvgIpc) is 2.63. The standard InChI is InChI=1S/C22H34O5/c1-9-17(23-7)19-13(3)11-15(5)21(25-19)27-22-16(6)12-14(4)20(26-22)18(10-2)24-8/h9-14,17-22H,1-2H2,3-8H3/t13?,14?,17-,18-,19?,20?,21+,22+/m0/s1. The van der Waals surface area contributed by atoms with Crippen LogP contribution < -0.4 is 0 Å². The highest BCUT2D eigenvalue weighted by Gasteiger charge is 2.38. The Hall–Kier alpha value is -1.24. The molecule has 0 saturated heterocycles. The zero-order valence-corrected chi connectivity index (χ0v) is 17.4. The zero-order chi connectivity index (χ0) is 20.1. The molecule has 0 fully saturated rings. The van der Waals surface area contributed by atoms with E-state index >= 15 is 0 Å². The van der Waals surface area contributed by atoms with Gasteiger partial charge in [0, 0.05) is 26.1 Å². The van der Waals surface area contributed by atoms with E-state index in [9.17, 15) is 0 Å². The van der Waals surface area contributed by atoms with Gasteiger partial charge in [0.1, 0.15) is 12.2 Å². The number of hydrogen-bond donors (Lipinski definition) is 0. The molecule has 2 aliphatic heterocycles. The summed E-state index contributed by atoms with van der Waals surface area (Å²) in [5.74, 6) is 0.395. The third-order valence-electron chi connectivity index (χ3n) is 5.30. The highest BCUT2D eigenvalue weighted by molar-refractivity contribution is 5.15. The SMILES string of the molecule is C=C[C@H](OC)C1O[C@H](O[C@H]2OC([C@H](C=C)OC)C(C)C=C2C)C(C)=CC1C. The lowest BCUT2D eigenvalue weighted by atomic mass is 9.93. The molecular weight excluding hydrogens is 344 g/mol. The minimum atomic E-state index is -0.504. The van der Waals surface area contributed by atoms with E-state index in [1.54, 1.807) is 26.4 Å². The van der Waals surface area contributed by atoms with Gasteiger partial charge >= 0.3 is 0 Å². The van der Waals surface area contributed by atoms with Gasteiger partial charge in [-0.25, -0.2) is 0 Å². The van der Waals surface area contributed by atoms with Gasteiger partial charge in [-0.2, -0.15) is 0 Å². The summed E-state index contributed by atoms with van der Waals surface area (Å²) in [5.41, 5.74) is 2.05. The summed E-state index contributed by atoms with van der Waals surface area (Å²) in [6.45, 7) is 15.9. The van der Waals surface area contributed by atoms with E-state index in [4.69, 9.17) is 23.7 Å². The van der Waals surface area contributed by atoms with E-state index in [-0.39, 0.29) is 36.3 Å². The van der Waals surface area contributed by atoms with Gasteiger partial charge in [0.05, 0.1) is 12.2 Å². The van der Waals surface area contributed by atoms with E-state index in [1.165, 1.54) is 0 Å². The highest BCUT2D eigenvalue weighted by atomic mass is 16.8. The quantitative estimate of drug-likeness (QED) is 0.597. The Morgan fingerprint density at radius 2 is 1.22 bits per heavy atom. The molecule has 0 amide bonds. The van der Waals surface area contributed by atoms with E-state index in [2.05, 4.69) is 39.2 Å². The molecule has 0 aromatic carbocycles. The number of methoxy groups -OCH3 is 2. The smallest absolute Gasteiger partial charge is 0.183 e. The number of rotatable bonds is 8. The molecule has 0 aliphatic carbocycles. The van der Waals surface area contributed by atoms with Crippen molar-refractivity contribution in [3.63, 3.8) is 0 Å². The number of ether oxygens (including phenoxy) is 5. The van der Waals surface area contributed by atoms with Crippen molar-refractivity contribution in [3.8, 4) is 0 Å². The van der Waals surface area contributed by atoms with Crippen LogP contribution >= 0.6 is 0 Å². The summed E-state index contributed by atoms with van der Waals surface area (Å²) in [7, 11) is 3.32. The van der Waals surface area contributed by atoms with Crippen molar-refractivity contribution in [2.45, 2.75) is 64.7 Å². The molecule has 0 aromatic rings. The molecule has 2 aliphatic rings. The molecule has 0 bridgehead atoms. The van der Waals surface area contributed by atoms with Gasteiger partial charge in [-0.15, -0.1) is 13.2 Å². The van der Waals surface area contributed by atoms with Crippen molar-refractivity contribution < 1.29 is 23.7 Å². The van der Waals surface area contributed by atoms with Crippen LogP contribution in [0.15, 0.2) is 48.6 Å². The zero-order valence-electron chi connectivity index (χ0n) is 17.4. The Morgan fingerprint density at radius 3 is 1.52 bits per heavy atom. The summed E-state index contributed by atoms with van der Waals surface area (Å²) in [5, 5.41) is 0. The van der Waals surface area contributed by atoms with Crippen LogP contribution in [0.3, 0.4) is 0 Å². The first-order valence-corrected chi connectivity index (χ1v) is 9.49. The normalized spacial score (nSPS) is 36.4. The molecule has 152 valence electrons. The lowest BCUT2D eigenvalue weighted by molar-refractivity contribution is -0.270. The summed E-state index contributed by atoms with van der Waals surface area (Å²) in [6.07, 6.45) is 6.12. The first-order valence-electron chi connectivity index (χ1n) is 9.49. The summed E-state index contributed by atoms with van der Waals surface area (Å²) < 4.78 is 29.7. The molecule has 27 heavy (non-hydrogen) atoms. The van der Waals surface area contributed by atoms with Gasteiger partial charge in [-0.3, -0.25) is 0 Å². The largest absolute Gasteiger partial charge is 0.375 e. The summed E-state index contributed by atoms with van der Waals surface area (Å²) in [6, 6.07) is 0. The maximum Gasteiger partial charge on any atom is 0.183 e. The Kier molecular flexibility index (Phi) is 8.01. The summed E-state index contributed by atoms with van der Waals surface area (Å²) >= 11 is 0. The molecular formula is C22H34O5. The predicted molar refractivity (Wildman–Crippen MR) is 106 cm³/mol. The van der Waals surface area contributed by atoms with Gasteiger partial charge in [0.25, 0.3) is 0 Å². The second-order valence-electron chi connectivity index (χ2n) is 7.41. The lowest BCUT2D eigenvalue weighted by Crippen LogP contribution is -2.46. The van der Waals surface area contributed by atoms with Crippen molar-refractivity contribution in [1.29, 1.82) is 0 Å². The van der Waals surface area contributed by atoms with Crippen LogP contribution in [0.1, 0.15) is 27.7 Å². The predicted octanol–water partition coefficient (Wildman–Crippen LogP) is 4.02. The van der Waals surface area contributed by atoms with Crippen LogP contribution in [-0.4, -0.2) is 51.2 Å². The number of hydrogen-bond acceptors (Lipinski definition) is 5. The lowest BCUT2D eigenvalue weighted by Gasteiger charge is -2.40. The molecule has 5 heteroatoms. The van der Waals surface area contributed by atoms with Gasteiger partial charge in [-0.1, -0.05) is 38.2 Å². The van der Waals surface area contributed by atoms with Crippen LogP contribution in [0.25, 0.3) is 0 Å². The van der Waals surface area contributed by atoms with E-state index in [0.717, 1.165) is 11.1 Å². The molecule has 0 spiro atoms. The van der Waals surface area contributed by atoms with Crippen LogP contribution in [-0.2, 0) is 23.7 Å². The van der Waals surface area contributed by atoms with Crippen LogP contribution in [0.2, 0.25) is 0 Å². The van der Waals surface area contributed by atoms with Gasteiger partial charge < -0.3 is 23.7 Å². The first kappa shape index (κ1) is 22.1. The fourth-order valence-electron chi connectivity index (χ4n) is 3.80. The van der Waals surface area contributed by atoms with Crippen molar-refractivity contribution in [3.05, 3.63) is 48.6 Å². The Balaban J connectivity index is 2.16. The van der Waals surface area contributed by atoms with Crippen LogP contribution in [0, 0.1) is 11.8 Å². The molecule has 0 radical (unpaired) electrons. The highest BCUT2D eigenvalue weighted by Crippen LogP contribution is 2.33. The minimum absolute atomic E-state index is 0.163. The molecule has 0 N–H and O–H groups in total. The fraction of sp³-hybridized carbons (Fsp3) is 0.636.